The maximum atomic E-state index is 12.7. The minimum atomic E-state index is -0.489. The fourth-order valence-electron chi connectivity index (χ4n) is 2.78. The molecule has 0 radical (unpaired) electrons. The van der Waals surface area contributed by atoms with E-state index >= 15 is 0 Å². The number of nitrogens with zero attached hydrogens (tertiary/aromatic N) is 4. The number of carbonyl (C=O) groups is 2. The Morgan fingerprint density at radius 3 is 2.45 bits per heavy atom. The maximum Gasteiger partial charge on any atom is 0.326 e. The first-order valence-electron chi connectivity index (χ1n) is 8.88. The molecule has 0 saturated carbocycles. The van der Waals surface area contributed by atoms with Crippen LogP contribution in [0.1, 0.15) is 23.1 Å². The van der Waals surface area contributed by atoms with E-state index in [1.165, 1.54) is 18.4 Å². The van der Waals surface area contributed by atoms with Crippen molar-refractivity contribution in [2.75, 3.05) is 20.8 Å². The minimum Gasteiger partial charge on any atom is -0.493 e. The number of esters is 1. The molecular weight excluding hydrogens is 396 g/mol. The molecule has 0 saturated heterocycles. The van der Waals surface area contributed by atoms with Crippen molar-refractivity contribution in [3.63, 3.8) is 0 Å². The van der Waals surface area contributed by atoms with Gasteiger partial charge in [-0.2, -0.15) is 10.1 Å². The van der Waals surface area contributed by atoms with Gasteiger partial charge in [-0.25, -0.2) is 0 Å². The number of ether oxygens (including phenoxy) is 3. The summed E-state index contributed by atoms with van der Waals surface area (Å²) in [5, 5.41) is 4.17. The number of benzene rings is 1. The molecule has 2 heterocycles. The number of methoxy groups -OCH3 is 2. The van der Waals surface area contributed by atoms with Crippen LogP contribution in [0.5, 0.6) is 11.5 Å². The van der Waals surface area contributed by atoms with E-state index < -0.39 is 11.9 Å². The van der Waals surface area contributed by atoms with Crippen molar-refractivity contribution in [2.45, 2.75) is 20.4 Å². The summed E-state index contributed by atoms with van der Waals surface area (Å²) in [6, 6.07) is 5.20. The molecule has 9 nitrogen and oxygen atoms in total. The summed E-state index contributed by atoms with van der Waals surface area (Å²) in [5.41, 5.74) is 1.76. The number of amides is 1. The van der Waals surface area contributed by atoms with Crippen molar-refractivity contribution in [3.8, 4) is 11.5 Å². The zero-order valence-electron chi connectivity index (χ0n) is 16.9. The summed E-state index contributed by atoms with van der Waals surface area (Å²) in [6.45, 7) is 3.76. The monoisotopic (exact) mass is 418 g/mol. The highest BCUT2D eigenvalue weighted by atomic mass is 32.1. The summed E-state index contributed by atoms with van der Waals surface area (Å²) in [4.78, 5) is 29.4. The molecule has 0 aliphatic rings. The Labute approximate surface area is 171 Å². The van der Waals surface area contributed by atoms with Crippen molar-refractivity contribution >= 4 is 33.4 Å². The molecule has 0 N–H and O–H groups in total. The second kappa shape index (κ2) is 8.48. The van der Waals surface area contributed by atoms with Gasteiger partial charge in [0.25, 0.3) is 5.91 Å². The van der Waals surface area contributed by atoms with Gasteiger partial charge >= 0.3 is 5.97 Å². The van der Waals surface area contributed by atoms with E-state index in [0.29, 0.717) is 21.8 Å². The van der Waals surface area contributed by atoms with Gasteiger partial charge in [-0.1, -0.05) is 11.3 Å². The maximum absolute atomic E-state index is 12.7. The van der Waals surface area contributed by atoms with Crippen LogP contribution in [0.4, 0.5) is 0 Å². The molecule has 1 aromatic carbocycles. The highest BCUT2D eigenvalue weighted by Gasteiger charge is 2.17. The average molecular weight is 418 g/mol. The van der Waals surface area contributed by atoms with Gasteiger partial charge in [0.15, 0.2) is 22.0 Å². The van der Waals surface area contributed by atoms with E-state index in [4.69, 9.17) is 14.2 Å². The van der Waals surface area contributed by atoms with Crippen molar-refractivity contribution < 1.29 is 23.8 Å². The van der Waals surface area contributed by atoms with E-state index in [2.05, 4.69) is 10.1 Å². The van der Waals surface area contributed by atoms with E-state index in [9.17, 15) is 9.59 Å². The zero-order chi connectivity index (χ0) is 21.1. The molecule has 2 aromatic heterocycles. The number of rotatable bonds is 6. The van der Waals surface area contributed by atoms with Crippen LogP contribution in [-0.2, 0) is 23.1 Å². The molecule has 3 rings (SSSR count). The predicted molar refractivity (Wildman–Crippen MR) is 107 cm³/mol. The molecular formula is C19H22N4O5S. The molecule has 0 aliphatic heterocycles. The van der Waals surface area contributed by atoms with E-state index in [1.807, 2.05) is 6.92 Å². The Morgan fingerprint density at radius 1 is 1.17 bits per heavy atom. The number of thiazole rings is 1. The SMILES string of the molecule is CCOC(=O)Cn1c(=NC(=O)c2cc(C)n(C)n2)sc2cc(OC)c(OC)cc21. The third-order valence-electron chi connectivity index (χ3n) is 4.31. The zero-order valence-corrected chi connectivity index (χ0v) is 17.7. The van der Waals surface area contributed by atoms with Gasteiger partial charge in [-0.3, -0.25) is 14.3 Å². The summed E-state index contributed by atoms with van der Waals surface area (Å²) >= 11 is 1.26. The molecule has 29 heavy (non-hydrogen) atoms. The van der Waals surface area contributed by atoms with Crippen molar-refractivity contribution in [1.82, 2.24) is 14.3 Å². The number of carbonyl (C=O) groups excluding carboxylic acids is 2. The summed E-state index contributed by atoms with van der Waals surface area (Å²) < 4.78 is 19.8. The van der Waals surface area contributed by atoms with Gasteiger partial charge in [-0.15, -0.1) is 0 Å². The number of hydrogen-bond donors (Lipinski definition) is 0. The number of aryl methyl sites for hydroxylation is 2. The fourth-order valence-corrected chi connectivity index (χ4v) is 3.82. The summed E-state index contributed by atoms with van der Waals surface area (Å²) in [6.07, 6.45) is 0. The Hall–Kier alpha value is -3.14. The van der Waals surface area contributed by atoms with E-state index in [1.54, 1.807) is 48.5 Å². The molecule has 0 bridgehead atoms. The quantitative estimate of drug-likeness (QED) is 0.569. The highest BCUT2D eigenvalue weighted by Crippen LogP contribution is 2.33. The lowest BCUT2D eigenvalue weighted by Gasteiger charge is -2.09. The molecule has 3 aromatic rings. The molecule has 154 valence electrons. The van der Waals surface area contributed by atoms with Crippen LogP contribution in [0.15, 0.2) is 23.2 Å². The lowest BCUT2D eigenvalue weighted by Crippen LogP contribution is -2.23. The van der Waals surface area contributed by atoms with E-state index in [-0.39, 0.29) is 18.8 Å². The first-order chi connectivity index (χ1) is 13.9. The largest absolute Gasteiger partial charge is 0.493 e. The van der Waals surface area contributed by atoms with Crippen LogP contribution in [0, 0.1) is 6.92 Å². The molecule has 0 fully saturated rings. The Bertz CT molecular complexity index is 1120. The second-order valence-corrected chi connectivity index (χ2v) is 7.17. The summed E-state index contributed by atoms with van der Waals surface area (Å²) in [7, 11) is 4.83. The predicted octanol–water partition coefficient (Wildman–Crippen LogP) is 2.07. The van der Waals surface area contributed by atoms with Crippen LogP contribution in [0.3, 0.4) is 0 Å². The molecule has 0 spiro atoms. The van der Waals surface area contributed by atoms with Crippen LogP contribution in [0.2, 0.25) is 0 Å². The van der Waals surface area contributed by atoms with Crippen molar-refractivity contribution in [1.29, 1.82) is 0 Å². The van der Waals surface area contributed by atoms with Crippen LogP contribution >= 0.6 is 11.3 Å². The Balaban J connectivity index is 2.18. The molecule has 0 unspecified atom stereocenters. The average Bonchev–Trinajstić information content (AvgIpc) is 3.20. The van der Waals surface area contributed by atoms with Gasteiger partial charge in [-0.05, 0) is 19.9 Å². The Morgan fingerprint density at radius 2 is 1.86 bits per heavy atom. The smallest absolute Gasteiger partial charge is 0.326 e. The van der Waals surface area contributed by atoms with Crippen LogP contribution in [-0.4, -0.2) is 47.1 Å². The molecule has 10 heteroatoms. The van der Waals surface area contributed by atoms with Gasteiger partial charge in [0.1, 0.15) is 6.54 Å². The van der Waals surface area contributed by atoms with Crippen molar-refractivity contribution in [2.24, 2.45) is 12.0 Å². The lowest BCUT2D eigenvalue weighted by molar-refractivity contribution is -0.143. The standard InChI is InChI=1S/C19H22N4O5S/c1-6-28-17(24)10-23-13-8-14(26-4)15(27-5)9-16(13)29-19(23)20-18(25)12-7-11(2)22(3)21-12/h7-9H,6,10H2,1-5H3. The van der Waals surface area contributed by atoms with Gasteiger partial charge in [0.2, 0.25) is 0 Å². The molecule has 0 atom stereocenters. The van der Waals surface area contributed by atoms with E-state index in [0.717, 1.165) is 10.4 Å². The highest BCUT2D eigenvalue weighted by molar-refractivity contribution is 7.16. The normalized spacial score (nSPS) is 11.7. The Kier molecular flexibility index (Phi) is 6.02. The summed E-state index contributed by atoms with van der Waals surface area (Å²) in [5.74, 6) is 0.137. The number of hydrogen-bond acceptors (Lipinski definition) is 7. The molecule has 0 aliphatic carbocycles. The third kappa shape index (κ3) is 4.16. The molecule has 1 amide bonds. The van der Waals surface area contributed by atoms with Crippen LogP contribution < -0.4 is 14.3 Å². The number of aromatic nitrogens is 3. The number of fused-ring (bicyclic) bond motifs is 1. The fraction of sp³-hybridized carbons (Fsp3) is 0.368. The van der Waals surface area contributed by atoms with Gasteiger partial charge in [0, 0.05) is 24.9 Å². The van der Waals surface area contributed by atoms with Gasteiger partial charge in [0.05, 0.1) is 31.0 Å². The topological polar surface area (TPSA) is 96.9 Å². The second-order valence-electron chi connectivity index (χ2n) is 6.16. The lowest BCUT2D eigenvalue weighted by atomic mass is 10.3. The first-order valence-corrected chi connectivity index (χ1v) is 9.70. The van der Waals surface area contributed by atoms with Gasteiger partial charge < -0.3 is 18.8 Å². The van der Waals surface area contributed by atoms with Crippen LogP contribution in [0.25, 0.3) is 10.2 Å². The first kappa shape index (κ1) is 20.6. The van der Waals surface area contributed by atoms with Crippen molar-refractivity contribution in [3.05, 3.63) is 34.4 Å². The third-order valence-corrected chi connectivity index (χ3v) is 5.35. The minimum absolute atomic E-state index is 0.0866.